The number of methoxy groups -OCH3 is 1. The van der Waals surface area contributed by atoms with Crippen molar-refractivity contribution >= 4 is 11.9 Å². The highest BCUT2D eigenvalue weighted by Crippen LogP contribution is 2.02. The second-order valence-corrected chi connectivity index (χ2v) is 4.39. The Labute approximate surface area is 116 Å². The SMILES string of the molecule is COC(=O)CCNC(=O)CCc1c(C)nc(C)[nH]c1=O. The highest BCUT2D eigenvalue weighted by Gasteiger charge is 2.10. The Hall–Kier alpha value is -2.18. The quantitative estimate of drug-likeness (QED) is 0.715. The number of amides is 1. The lowest BCUT2D eigenvalue weighted by Gasteiger charge is -2.06. The summed E-state index contributed by atoms with van der Waals surface area (Å²) in [6.45, 7) is 3.68. The molecule has 0 radical (unpaired) electrons. The van der Waals surface area contributed by atoms with Gasteiger partial charge in [0.15, 0.2) is 0 Å². The number of carbonyl (C=O) groups excluding carboxylic acids is 2. The van der Waals surface area contributed by atoms with E-state index in [0.717, 1.165) is 0 Å². The van der Waals surface area contributed by atoms with Crippen LogP contribution in [0.5, 0.6) is 0 Å². The van der Waals surface area contributed by atoms with Crippen molar-refractivity contribution in [3.05, 3.63) is 27.4 Å². The molecule has 1 aromatic rings. The Morgan fingerprint density at radius 2 is 2.00 bits per heavy atom. The van der Waals surface area contributed by atoms with Gasteiger partial charge in [0.05, 0.1) is 13.5 Å². The van der Waals surface area contributed by atoms with Crippen LogP contribution in [0.1, 0.15) is 29.9 Å². The van der Waals surface area contributed by atoms with Gasteiger partial charge in [-0.05, 0) is 20.3 Å². The molecule has 0 bridgehead atoms. The molecule has 0 aliphatic carbocycles. The molecule has 110 valence electrons. The van der Waals surface area contributed by atoms with Crippen LogP contribution in [-0.4, -0.2) is 35.5 Å². The van der Waals surface area contributed by atoms with Crippen molar-refractivity contribution in [1.82, 2.24) is 15.3 Å². The van der Waals surface area contributed by atoms with E-state index in [1.54, 1.807) is 13.8 Å². The summed E-state index contributed by atoms with van der Waals surface area (Å²) in [6.07, 6.45) is 0.627. The maximum Gasteiger partial charge on any atom is 0.307 e. The molecule has 0 saturated heterocycles. The third kappa shape index (κ3) is 4.83. The van der Waals surface area contributed by atoms with Gasteiger partial charge in [0, 0.05) is 24.2 Å². The van der Waals surface area contributed by atoms with Crippen LogP contribution in [0.25, 0.3) is 0 Å². The number of nitrogens with one attached hydrogen (secondary N) is 2. The molecule has 1 rings (SSSR count). The van der Waals surface area contributed by atoms with Crippen molar-refractivity contribution in [3.8, 4) is 0 Å². The van der Waals surface area contributed by atoms with Gasteiger partial charge in [-0.3, -0.25) is 14.4 Å². The number of carbonyl (C=O) groups is 2. The van der Waals surface area contributed by atoms with Gasteiger partial charge in [0.1, 0.15) is 5.82 Å². The Kier molecular flexibility index (Phi) is 5.89. The summed E-state index contributed by atoms with van der Waals surface area (Å²) in [6, 6.07) is 0. The molecule has 1 aromatic heterocycles. The Bertz CT molecular complexity index is 551. The summed E-state index contributed by atoms with van der Waals surface area (Å²) in [5.41, 5.74) is 0.935. The summed E-state index contributed by atoms with van der Waals surface area (Å²) >= 11 is 0. The smallest absolute Gasteiger partial charge is 0.307 e. The Balaban J connectivity index is 2.46. The predicted octanol–water partition coefficient (Wildman–Crippen LogP) is -0.00136. The van der Waals surface area contributed by atoms with E-state index in [-0.39, 0.29) is 36.8 Å². The molecule has 7 heteroatoms. The minimum atomic E-state index is -0.375. The van der Waals surface area contributed by atoms with Gasteiger partial charge >= 0.3 is 5.97 Å². The van der Waals surface area contributed by atoms with E-state index >= 15 is 0 Å². The van der Waals surface area contributed by atoms with Crippen LogP contribution in [0.2, 0.25) is 0 Å². The van der Waals surface area contributed by atoms with Crippen molar-refractivity contribution in [1.29, 1.82) is 0 Å². The lowest BCUT2D eigenvalue weighted by atomic mass is 10.1. The van der Waals surface area contributed by atoms with Crippen molar-refractivity contribution < 1.29 is 14.3 Å². The number of nitrogens with zero attached hydrogens (tertiary/aromatic N) is 1. The molecule has 0 aliphatic heterocycles. The number of aryl methyl sites for hydroxylation is 2. The van der Waals surface area contributed by atoms with E-state index in [1.807, 2.05) is 0 Å². The zero-order valence-electron chi connectivity index (χ0n) is 11.9. The minimum absolute atomic E-state index is 0.133. The Morgan fingerprint density at radius 3 is 2.60 bits per heavy atom. The molecule has 2 N–H and O–H groups in total. The van der Waals surface area contributed by atoms with Crippen LogP contribution in [0.4, 0.5) is 0 Å². The van der Waals surface area contributed by atoms with E-state index in [4.69, 9.17) is 0 Å². The van der Waals surface area contributed by atoms with Crippen LogP contribution in [0.3, 0.4) is 0 Å². The van der Waals surface area contributed by atoms with Gasteiger partial charge in [-0.2, -0.15) is 0 Å². The number of rotatable bonds is 6. The highest BCUT2D eigenvalue weighted by molar-refractivity contribution is 5.77. The molecule has 0 saturated carbocycles. The van der Waals surface area contributed by atoms with Crippen molar-refractivity contribution in [2.45, 2.75) is 33.1 Å². The molecular formula is C13H19N3O4. The highest BCUT2D eigenvalue weighted by atomic mass is 16.5. The molecule has 0 fully saturated rings. The number of hydrogen-bond acceptors (Lipinski definition) is 5. The van der Waals surface area contributed by atoms with Crippen molar-refractivity contribution in [3.63, 3.8) is 0 Å². The molecular weight excluding hydrogens is 262 g/mol. The largest absolute Gasteiger partial charge is 0.469 e. The van der Waals surface area contributed by atoms with Crippen LogP contribution in [0.15, 0.2) is 4.79 Å². The average Bonchev–Trinajstić information content (AvgIpc) is 2.37. The topological polar surface area (TPSA) is 101 Å². The lowest BCUT2D eigenvalue weighted by Crippen LogP contribution is -2.27. The normalized spacial score (nSPS) is 10.2. The fraction of sp³-hybridized carbons (Fsp3) is 0.538. The number of ether oxygens (including phenoxy) is 1. The average molecular weight is 281 g/mol. The molecule has 20 heavy (non-hydrogen) atoms. The van der Waals surface area contributed by atoms with Crippen LogP contribution in [0, 0.1) is 13.8 Å². The number of aromatic amines is 1. The third-order valence-corrected chi connectivity index (χ3v) is 2.82. The van der Waals surface area contributed by atoms with Gasteiger partial charge in [-0.25, -0.2) is 4.98 Å². The Morgan fingerprint density at radius 1 is 1.30 bits per heavy atom. The van der Waals surface area contributed by atoms with Crippen LogP contribution in [-0.2, 0) is 20.7 Å². The summed E-state index contributed by atoms with van der Waals surface area (Å²) in [4.78, 5) is 40.9. The minimum Gasteiger partial charge on any atom is -0.469 e. The molecule has 0 aromatic carbocycles. The maximum absolute atomic E-state index is 11.7. The monoisotopic (exact) mass is 281 g/mol. The first-order valence-electron chi connectivity index (χ1n) is 6.34. The molecule has 0 atom stereocenters. The van der Waals surface area contributed by atoms with E-state index in [0.29, 0.717) is 23.5 Å². The van der Waals surface area contributed by atoms with Crippen molar-refractivity contribution in [2.24, 2.45) is 0 Å². The zero-order chi connectivity index (χ0) is 15.1. The fourth-order valence-electron chi connectivity index (χ4n) is 1.78. The van der Waals surface area contributed by atoms with E-state index in [9.17, 15) is 14.4 Å². The first kappa shape index (κ1) is 15.9. The molecule has 0 aliphatic rings. The molecule has 1 amide bonds. The molecule has 1 heterocycles. The maximum atomic E-state index is 11.7. The summed E-state index contributed by atoms with van der Waals surface area (Å²) in [5.74, 6) is -0.0348. The van der Waals surface area contributed by atoms with E-state index < -0.39 is 0 Å². The second kappa shape index (κ2) is 7.42. The van der Waals surface area contributed by atoms with Gasteiger partial charge in [0.25, 0.3) is 5.56 Å². The molecule has 0 unspecified atom stereocenters. The number of H-pyrrole nitrogens is 1. The first-order valence-corrected chi connectivity index (χ1v) is 6.34. The van der Waals surface area contributed by atoms with Gasteiger partial charge in [-0.1, -0.05) is 0 Å². The fourth-order valence-corrected chi connectivity index (χ4v) is 1.78. The lowest BCUT2D eigenvalue weighted by molar-refractivity contribution is -0.140. The number of hydrogen-bond donors (Lipinski definition) is 2. The van der Waals surface area contributed by atoms with Crippen LogP contribution < -0.4 is 10.9 Å². The molecule has 0 spiro atoms. The summed E-state index contributed by atoms with van der Waals surface area (Å²) in [7, 11) is 1.30. The summed E-state index contributed by atoms with van der Waals surface area (Å²) < 4.78 is 4.46. The van der Waals surface area contributed by atoms with Crippen molar-refractivity contribution in [2.75, 3.05) is 13.7 Å². The van der Waals surface area contributed by atoms with Gasteiger partial charge < -0.3 is 15.0 Å². The number of esters is 1. The van der Waals surface area contributed by atoms with E-state index in [1.165, 1.54) is 7.11 Å². The zero-order valence-corrected chi connectivity index (χ0v) is 11.9. The van der Waals surface area contributed by atoms with Crippen LogP contribution >= 0.6 is 0 Å². The summed E-state index contributed by atoms with van der Waals surface area (Å²) in [5, 5.41) is 2.60. The number of aromatic nitrogens is 2. The third-order valence-electron chi connectivity index (χ3n) is 2.82. The van der Waals surface area contributed by atoms with Gasteiger partial charge in [0.2, 0.25) is 5.91 Å². The molecule has 7 nitrogen and oxygen atoms in total. The van der Waals surface area contributed by atoms with Gasteiger partial charge in [-0.15, -0.1) is 0 Å². The standard InChI is InChI=1S/C13H19N3O4/c1-8-10(13(19)16-9(2)15-8)4-5-11(17)14-7-6-12(18)20-3/h4-7H2,1-3H3,(H,14,17)(H,15,16,19). The second-order valence-electron chi connectivity index (χ2n) is 4.39. The van der Waals surface area contributed by atoms with E-state index in [2.05, 4.69) is 20.0 Å². The predicted molar refractivity (Wildman–Crippen MR) is 72.3 cm³/mol. The first-order chi connectivity index (χ1) is 9.43.